The Bertz CT molecular complexity index is 840. The van der Waals surface area contributed by atoms with Crippen LogP contribution in [0.2, 0.25) is 5.02 Å². The first-order valence-electron chi connectivity index (χ1n) is 8.00. The molecule has 0 aliphatic carbocycles. The van der Waals surface area contributed by atoms with Crippen molar-refractivity contribution in [2.45, 2.75) is 13.0 Å². The zero-order valence-corrected chi connectivity index (χ0v) is 14.8. The van der Waals surface area contributed by atoms with Gasteiger partial charge in [0.1, 0.15) is 11.9 Å². The van der Waals surface area contributed by atoms with E-state index in [9.17, 15) is 14.0 Å². The molecule has 1 fully saturated rings. The molecule has 0 aromatic heterocycles. The molecule has 2 aromatic carbocycles. The summed E-state index contributed by atoms with van der Waals surface area (Å²) in [6.45, 7) is 2.70. The highest BCUT2D eigenvalue weighted by atomic mass is 35.5. The van der Waals surface area contributed by atoms with Crippen LogP contribution in [0.3, 0.4) is 0 Å². The smallest absolute Gasteiger partial charge is 0.254 e. The van der Waals surface area contributed by atoms with E-state index < -0.39 is 11.9 Å². The Kier molecular flexibility index (Phi) is 4.77. The maximum atomic E-state index is 14.1. The molecule has 1 aliphatic heterocycles. The number of carbonyl (C=O) groups is 2. The summed E-state index contributed by atoms with van der Waals surface area (Å²) in [6.07, 6.45) is 0. The lowest BCUT2D eigenvalue weighted by atomic mass is 10.0. The van der Waals surface area contributed by atoms with Crippen LogP contribution in [0, 0.1) is 5.82 Å². The molecule has 2 aromatic rings. The van der Waals surface area contributed by atoms with Gasteiger partial charge in [-0.15, -0.1) is 0 Å². The third-order valence-electron chi connectivity index (χ3n) is 4.49. The molecule has 3 rings (SSSR count). The second kappa shape index (κ2) is 6.84. The third-order valence-corrected chi connectivity index (χ3v) is 4.73. The Hall–Kier alpha value is -2.40. The van der Waals surface area contributed by atoms with Crippen molar-refractivity contribution < 1.29 is 14.0 Å². The number of hydrogen-bond acceptors (Lipinski definition) is 2. The summed E-state index contributed by atoms with van der Waals surface area (Å²) in [5.74, 6) is -0.759. The van der Waals surface area contributed by atoms with Crippen molar-refractivity contribution in [3.05, 3.63) is 58.9 Å². The standard InChI is InChI=1S/C19H18ClFN2O2/c1-12-18(24)22(2)8-9-23(12)19(25)14-5-3-4-13(10-14)16-7-6-15(20)11-17(16)21/h3-7,10-12H,8-9H2,1-2H3. The minimum atomic E-state index is -0.512. The van der Waals surface area contributed by atoms with Crippen molar-refractivity contribution in [2.24, 2.45) is 0 Å². The minimum Gasteiger partial charge on any atom is -0.342 e. The Labute approximate surface area is 150 Å². The molecule has 130 valence electrons. The molecule has 1 atom stereocenters. The van der Waals surface area contributed by atoms with Crippen molar-refractivity contribution in [3.8, 4) is 11.1 Å². The molecule has 1 unspecified atom stereocenters. The first kappa shape index (κ1) is 17.4. The Morgan fingerprint density at radius 3 is 2.68 bits per heavy atom. The molecule has 0 N–H and O–H groups in total. The average Bonchev–Trinajstić information content (AvgIpc) is 2.59. The van der Waals surface area contributed by atoms with E-state index >= 15 is 0 Å². The molecule has 4 nitrogen and oxygen atoms in total. The number of carbonyl (C=O) groups excluding carboxylic acids is 2. The van der Waals surface area contributed by atoms with E-state index in [1.54, 1.807) is 60.2 Å². The van der Waals surface area contributed by atoms with Gasteiger partial charge in [-0.05, 0) is 42.8 Å². The average molecular weight is 361 g/mol. The number of likely N-dealkylation sites (N-methyl/N-ethyl adjacent to an activating group) is 1. The highest BCUT2D eigenvalue weighted by Gasteiger charge is 2.33. The lowest BCUT2D eigenvalue weighted by Crippen LogP contribution is -2.56. The lowest BCUT2D eigenvalue weighted by Gasteiger charge is -2.37. The van der Waals surface area contributed by atoms with E-state index in [4.69, 9.17) is 11.6 Å². The number of hydrogen-bond donors (Lipinski definition) is 0. The molecule has 2 amide bonds. The van der Waals surface area contributed by atoms with Crippen molar-refractivity contribution in [1.29, 1.82) is 0 Å². The fraction of sp³-hybridized carbons (Fsp3) is 0.263. The molecule has 6 heteroatoms. The summed E-state index contributed by atoms with van der Waals surface area (Å²) in [5, 5.41) is 0.318. The van der Waals surface area contributed by atoms with Crippen molar-refractivity contribution in [2.75, 3.05) is 20.1 Å². The summed E-state index contributed by atoms with van der Waals surface area (Å²) >= 11 is 5.79. The first-order valence-corrected chi connectivity index (χ1v) is 8.37. The van der Waals surface area contributed by atoms with Crippen LogP contribution in [-0.2, 0) is 4.79 Å². The molecule has 0 saturated carbocycles. The fourth-order valence-corrected chi connectivity index (χ4v) is 3.16. The van der Waals surface area contributed by atoms with Crippen LogP contribution >= 0.6 is 11.6 Å². The molecule has 1 saturated heterocycles. The molecule has 0 bridgehead atoms. The maximum Gasteiger partial charge on any atom is 0.254 e. The molecule has 25 heavy (non-hydrogen) atoms. The topological polar surface area (TPSA) is 40.6 Å². The van der Waals surface area contributed by atoms with Gasteiger partial charge < -0.3 is 9.80 Å². The number of rotatable bonds is 2. The van der Waals surface area contributed by atoms with E-state index in [1.807, 2.05) is 0 Å². The largest absolute Gasteiger partial charge is 0.342 e. The highest BCUT2D eigenvalue weighted by Crippen LogP contribution is 2.27. The van der Waals surface area contributed by atoms with E-state index in [0.29, 0.717) is 34.8 Å². The van der Waals surface area contributed by atoms with Gasteiger partial charge in [0, 0.05) is 36.3 Å². The molecule has 0 spiro atoms. The quantitative estimate of drug-likeness (QED) is 0.823. The van der Waals surface area contributed by atoms with Crippen LogP contribution < -0.4 is 0 Å². The number of benzene rings is 2. The summed E-state index contributed by atoms with van der Waals surface area (Å²) in [4.78, 5) is 28.1. The monoisotopic (exact) mass is 360 g/mol. The van der Waals surface area contributed by atoms with E-state index in [1.165, 1.54) is 6.07 Å². The number of nitrogens with zero attached hydrogens (tertiary/aromatic N) is 2. The maximum absolute atomic E-state index is 14.1. The van der Waals surface area contributed by atoms with Gasteiger partial charge in [-0.2, -0.15) is 0 Å². The fourth-order valence-electron chi connectivity index (χ4n) is 3.00. The van der Waals surface area contributed by atoms with Gasteiger partial charge >= 0.3 is 0 Å². The number of amides is 2. The Balaban J connectivity index is 1.91. The number of halogens is 2. The van der Waals surface area contributed by atoms with Gasteiger partial charge in [0.25, 0.3) is 5.91 Å². The van der Waals surface area contributed by atoms with Gasteiger partial charge in [0.05, 0.1) is 0 Å². The van der Waals surface area contributed by atoms with E-state index in [2.05, 4.69) is 0 Å². The van der Waals surface area contributed by atoms with Gasteiger partial charge in [-0.1, -0.05) is 23.7 Å². The highest BCUT2D eigenvalue weighted by molar-refractivity contribution is 6.30. The lowest BCUT2D eigenvalue weighted by molar-refractivity contribution is -0.137. The summed E-state index contributed by atoms with van der Waals surface area (Å²) in [6, 6.07) is 10.7. The van der Waals surface area contributed by atoms with Crippen LogP contribution in [0.4, 0.5) is 4.39 Å². The van der Waals surface area contributed by atoms with Gasteiger partial charge in [-0.3, -0.25) is 9.59 Å². The summed E-state index contributed by atoms with van der Waals surface area (Å²) < 4.78 is 14.1. The molecular weight excluding hydrogens is 343 g/mol. The molecular formula is C19H18ClFN2O2. The third kappa shape index (κ3) is 3.37. The number of piperazine rings is 1. The minimum absolute atomic E-state index is 0.0838. The van der Waals surface area contributed by atoms with Crippen molar-refractivity contribution in [1.82, 2.24) is 9.80 Å². The van der Waals surface area contributed by atoms with Crippen LogP contribution in [0.5, 0.6) is 0 Å². The molecule has 1 heterocycles. The zero-order valence-electron chi connectivity index (χ0n) is 14.0. The zero-order chi connectivity index (χ0) is 18.1. The van der Waals surface area contributed by atoms with Crippen LogP contribution in [0.15, 0.2) is 42.5 Å². The predicted octanol–water partition coefficient (Wildman–Crippen LogP) is 3.45. The van der Waals surface area contributed by atoms with Crippen LogP contribution in [0.25, 0.3) is 11.1 Å². The Morgan fingerprint density at radius 1 is 1.20 bits per heavy atom. The van der Waals surface area contributed by atoms with Gasteiger partial charge in [0.15, 0.2) is 0 Å². The van der Waals surface area contributed by atoms with E-state index in [0.717, 1.165) is 0 Å². The van der Waals surface area contributed by atoms with Crippen molar-refractivity contribution in [3.63, 3.8) is 0 Å². The van der Waals surface area contributed by atoms with Gasteiger partial charge in [-0.25, -0.2) is 4.39 Å². The second-order valence-electron chi connectivity index (χ2n) is 6.14. The second-order valence-corrected chi connectivity index (χ2v) is 6.58. The predicted molar refractivity (Wildman–Crippen MR) is 95.0 cm³/mol. The van der Waals surface area contributed by atoms with E-state index in [-0.39, 0.29) is 11.8 Å². The van der Waals surface area contributed by atoms with Crippen LogP contribution in [-0.4, -0.2) is 47.8 Å². The molecule has 1 aliphatic rings. The SMILES string of the molecule is CC1C(=O)N(C)CCN1C(=O)c1cccc(-c2ccc(Cl)cc2F)c1. The Morgan fingerprint density at radius 2 is 1.96 bits per heavy atom. The normalized spacial score (nSPS) is 17.8. The molecule has 0 radical (unpaired) electrons. The summed E-state index contributed by atoms with van der Waals surface area (Å²) in [5.41, 5.74) is 1.39. The van der Waals surface area contributed by atoms with Gasteiger partial charge in [0.2, 0.25) is 5.91 Å². The van der Waals surface area contributed by atoms with Crippen molar-refractivity contribution >= 4 is 23.4 Å². The first-order chi connectivity index (χ1) is 11.9. The van der Waals surface area contributed by atoms with Crippen LogP contribution in [0.1, 0.15) is 17.3 Å². The summed E-state index contributed by atoms with van der Waals surface area (Å²) in [7, 11) is 1.73.